The van der Waals surface area contributed by atoms with Crippen LogP contribution in [0.25, 0.3) is 0 Å². The number of nitrogens with one attached hydrogen (secondary N) is 1. The summed E-state index contributed by atoms with van der Waals surface area (Å²) < 4.78 is 0.883. The van der Waals surface area contributed by atoms with Gasteiger partial charge in [0.2, 0.25) is 0 Å². The number of anilines is 1. The van der Waals surface area contributed by atoms with Gasteiger partial charge in [-0.15, -0.1) is 0 Å². The van der Waals surface area contributed by atoms with Crippen LogP contribution in [0.3, 0.4) is 0 Å². The lowest BCUT2D eigenvalue weighted by Crippen LogP contribution is -2.13. The summed E-state index contributed by atoms with van der Waals surface area (Å²) in [5, 5.41) is 3.47. The average molecular weight is 414 g/mol. The van der Waals surface area contributed by atoms with Gasteiger partial charge in [0.05, 0.1) is 5.56 Å². The molecule has 2 aromatic carbocycles. The first-order valence-electron chi connectivity index (χ1n) is 6.95. The van der Waals surface area contributed by atoms with Gasteiger partial charge in [0, 0.05) is 14.3 Å². The van der Waals surface area contributed by atoms with Gasteiger partial charge in [0.15, 0.2) is 0 Å². The van der Waals surface area contributed by atoms with Gasteiger partial charge >= 0.3 is 0 Å². The van der Waals surface area contributed by atoms with E-state index < -0.39 is 0 Å². The van der Waals surface area contributed by atoms with Crippen molar-refractivity contribution in [2.75, 3.05) is 5.32 Å². The monoisotopic (exact) mass is 413 g/mol. The maximum absolute atomic E-state index is 12.3. The number of rotatable bonds is 5. The SMILES string of the molecule is CCCCc1ccc(NC(=O)c2cc(Cl)ccc2I)cc1. The van der Waals surface area contributed by atoms with Crippen LogP contribution in [0.15, 0.2) is 42.5 Å². The lowest BCUT2D eigenvalue weighted by molar-refractivity contribution is 0.102. The number of amides is 1. The number of carbonyl (C=O) groups is 1. The molecule has 1 amide bonds. The van der Waals surface area contributed by atoms with Crippen molar-refractivity contribution in [3.05, 3.63) is 62.2 Å². The molecule has 0 unspecified atom stereocenters. The zero-order chi connectivity index (χ0) is 15.2. The summed E-state index contributed by atoms with van der Waals surface area (Å²) in [6.07, 6.45) is 3.45. The van der Waals surface area contributed by atoms with Gasteiger partial charge < -0.3 is 5.32 Å². The van der Waals surface area contributed by atoms with Crippen LogP contribution in [0.4, 0.5) is 5.69 Å². The van der Waals surface area contributed by atoms with E-state index in [0.29, 0.717) is 10.6 Å². The third-order valence-corrected chi connectivity index (χ3v) is 4.38. The average Bonchev–Trinajstić information content (AvgIpc) is 2.49. The van der Waals surface area contributed by atoms with Crippen LogP contribution in [0, 0.1) is 3.57 Å². The van der Waals surface area contributed by atoms with Crippen molar-refractivity contribution in [2.45, 2.75) is 26.2 Å². The van der Waals surface area contributed by atoms with E-state index in [9.17, 15) is 4.79 Å². The lowest BCUT2D eigenvalue weighted by atomic mass is 10.1. The van der Waals surface area contributed by atoms with Crippen LogP contribution in [0.5, 0.6) is 0 Å². The van der Waals surface area contributed by atoms with E-state index in [1.165, 1.54) is 18.4 Å². The van der Waals surface area contributed by atoms with E-state index in [-0.39, 0.29) is 5.91 Å². The number of unbranched alkanes of at least 4 members (excludes halogenated alkanes) is 1. The Bertz CT molecular complexity index is 625. The number of hydrogen-bond donors (Lipinski definition) is 1. The maximum atomic E-state index is 12.3. The van der Waals surface area contributed by atoms with Crippen LogP contribution >= 0.6 is 34.2 Å². The second kappa shape index (κ2) is 7.80. The Morgan fingerprint density at radius 3 is 2.57 bits per heavy atom. The van der Waals surface area contributed by atoms with Crippen LogP contribution in [0.2, 0.25) is 5.02 Å². The Balaban J connectivity index is 2.07. The quantitative estimate of drug-likeness (QED) is 0.641. The van der Waals surface area contributed by atoms with Gasteiger partial charge in [-0.05, 0) is 71.3 Å². The van der Waals surface area contributed by atoms with Crippen LogP contribution in [-0.2, 0) is 6.42 Å². The molecule has 0 heterocycles. The van der Waals surface area contributed by atoms with Crippen molar-refractivity contribution >= 4 is 45.8 Å². The Kier molecular flexibility index (Phi) is 6.06. The number of carbonyl (C=O) groups excluding carboxylic acids is 1. The lowest BCUT2D eigenvalue weighted by Gasteiger charge is -2.08. The molecule has 0 bridgehead atoms. The van der Waals surface area contributed by atoms with E-state index >= 15 is 0 Å². The minimum atomic E-state index is -0.136. The Morgan fingerprint density at radius 2 is 1.90 bits per heavy atom. The van der Waals surface area contributed by atoms with Crippen LogP contribution in [-0.4, -0.2) is 5.91 Å². The molecule has 0 aliphatic carbocycles. The standard InChI is InChI=1S/C17H17ClINO/c1-2-3-4-12-5-8-14(9-6-12)20-17(21)15-11-13(18)7-10-16(15)19/h5-11H,2-4H2,1H3,(H,20,21). The maximum Gasteiger partial charge on any atom is 0.256 e. The summed E-state index contributed by atoms with van der Waals surface area (Å²) >= 11 is 8.09. The molecule has 2 nitrogen and oxygen atoms in total. The topological polar surface area (TPSA) is 29.1 Å². The molecule has 0 fully saturated rings. The van der Waals surface area contributed by atoms with E-state index in [4.69, 9.17) is 11.6 Å². The smallest absolute Gasteiger partial charge is 0.256 e. The Hall–Kier alpha value is -1.07. The summed E-state index contributed by atoms with van der Waals surface area (Å²) in [6.45, 7) is 2.18. The second-order valence-corrected chi connectivity index (χ2v) is 6.48. The van der Waals surface area contributed by atoms with Gasteiger partial charge in [-0.3, -0.25) is 4.79 Å². The van der Waals surface area contributed by atoms with Crippen LogP contribution < -0.4 is 5.32 Å². The summed E-state index contributed by atoms with van der Waals surface area (Å²) in [7, 11) is 0. The summed E-state index contributed by atoms with van der Waals surface area (Å²) in [5.74, 6) is -0.136. The minimum Gasteiger partial charge on any atom is -0.322 e. The highest BCUT2D eigenvalue weighted by Crippen LogP contribution is 2.20. The molecular weight excluding hydrogens is 397 g/mol. The third-order valence-electron chi connectivity index (χ3n) is 3.20. The molecule has 0 saturated heterocycles. The molecule has 1 N–H and O–H groups in total. The van der Waals surface area contributed by atoms with E-state index in [2.05, 4.69) is 47.0 Å². The van der Waals surface area contributed by atoms with Gasteiger partial charge in [-0.25, -0.2) is 0 Å². The molecule has 110 valence electrons. The molecule has 0 aliphatic heterocycles. The fourth-order valence-corrected chi connectivity index (χ4v) is 2.76. The first-order chi connectivity index (χ1) is 10.1. The zero-order valence-electron chi connectivity index (χ0n) is 11.8. The van der Waals surface area contributed by atoms with E-state index in [1.54, 1.807) is 12.1 Å². The Morgan fingerprint density at radius 1 is 1.19 bits per heavy atom. The fraction of sp³-hybridized carbons (Fsp3) is 0.235. The molecule has 0 aliphatic rings. The van der Waals surface area contributed by atoms with Crippen LogP contribution in [0.1, 0.15) is 35.7 Å². The highest BCUT2D eigenvalue weighted by molar-refractivity contribution is 14.1. The number of aryl methyl sites for hydroxylation is 1. The van der Waals surface area contributed by atoms with Gasteiger partial charge in [0.1, 0.15) is 0 Å². The van der Waals surface area contributed by atoms with Crippen molar-refractivity contribution in [1.82, 2.24) is 0 Å². The number of benzene rings is 2. The van der Waals surface area contributed by atoms with Crippen molar-refractivity contribution in [1.29, 1.82) is 0 Å². The van der Waals surface area contributed by atoms with Crippen molar-refractivity contribution in [2.24, 2.45) is 0 Å². The highest BCUT2D eigenvalue weighted by Gasteiger charge is 2.10. The Labute approximate surface area is 144 Å². The van der Waals surface area contributed by atoms with Gasteiger partial charge in [-0.1, -0.05) is 37.1 Å². The predicted molar refractivity (Wildman–Crippen MR) is 97.2 cm³/mol. The van der Waals surface area contributed by atoms with Gasteiger partial charge in [0.25, 0.3) is 5.91 Å². The first kappa shape index (κ1) is 16.3. The molecule has 0 radical (unpaired) electrons. The molecule has 0 spiro atoms. The normalized spacial score (nSPS) is 10.4. The molecule has 0 aromatic heterocycles. The number of halogens is 2. The molecule has 0 atom stereocenters. The molecule has 2 aromatic rings. The number of hydrogen-bond acceptors (Lipinski definition) is 1. The van der Waals surface area contributed by atoms with Gasteiger partial charge in [-0.2, -0.15) is 0 Å². The summed E-state index contributed by atoms with van der Waals surface area (Å²) in [5.41, 5.74) is 2.70. The van der Waals surface area contributed by atoms with Crippen molar-refractivity contribution < 1.29 is 4.79 Å². The minimum absolute atomic E-state index is 0.136. The summed E-state index contributed by atoms with van der Waals surface area (Å²) in [6, 6.07) is 13.3. The van der Waals surface area contributed by atoms with Crippen molar-refractivity contribution in [3.63, 3.8) is 0 Å². The predicted octanol–water partition coefficient (Wildman–Crippen LogP) is 5.54. The fourth-order valence-electron chi connectivity index (χ4n) is 2.01. The van der Waals surface area contributed by atoms with E-state index in [1.807, 2.05) is 18.2 Å². The largest absolute Gasteiger partial charge is 0.322 e. The molecule has 0 saturated carbocycles. The second-order valence-electron chi connectivity index (χ2n) is 4.88. The zero-order valence-corrected chi connectivity index (χ0v) is 14.7. The highest BCUT2D eigenvalue weighted by atomic mass is 127. The molecule has 21 heavy (non-hydrogen) atoms. The molecule has 2 rings (SSSR count). The summed E-state index contributed by atoms with van der Waals surface area (Å²) in [4.78, 5) is 12.3. The third kappa shape index (κ3) is 4.71. The first-order valence-corrected chi connectivity index (χ1v) is 8.41. The molecule has 4 heteroatoms. The van der Waals surface area contributed by atoms with Crippen molar-refractivity contribution in [3.8, 4) is 0 Å². The van der Waals surface area contributed by atoms with E-state index in [0.717, 1.165) is 15.7 Å². The molecular formula is C17H17ClINO.